The number of hydrogen-bond donors (Lipinski definition) is 4. The molecular formula is C56H53ClF4N12O2. The number of anilines is 7. The minimum absolute atomic E-state index is 0.0706. The molecule has 8 aromatic rings. The molecule has 0 atom stereocenters. The zero-order valence-corrected chi connectivity index (χ0v) is 41.9. The lowest BCUT2D eigenvalue weighted by Gasteiger charge is -2.34. The van der Waals surface area contributed by atoms with Gasteiger partial charge >= 0.3 is 0 Å². The molecule has 4 heterocycles. The molecule has 6 aromatic carbocycles. The van der Waals surface area contributed by atoms with Crippen LogP contribution >= 0.6 is 11.6 Å². The Hall–Kier alpha value is -8.45. The highest BCUT2D eigenvalue weighted by Crippen LogP contribution is 2.33. The summed E-state index contributed by atoms with van der Waals surface area (Å²) in [5, 5.41) is 10.1. The van der Waals surface area contributed by atoms with Crippen molar-refractivity contribution in [2.75, 3.05) is 97.9 Å². The number of nitrogens with zero attached hydrogens (tertiary/aromatic N) is 8. The van der Waals surface area contributed by atoms with Crippen LogP contribution in [0.1, 0.15) is 0 Å². The van der Waals surface area contributed by atoms with Crippen molar-refractivity contribution in [1.29, 1.82) is 0 Å². The van der Waals surface area contributed by atoms with Crippen LogP contribution in [0.4, 0.5) is 57.6 Å². The number of benzene rings is 6. The maximum Gasteiger partial charge on any atom is 0.247 e. The summed E-state index contributed by atoms with van der Waals surface area (Å²) >= 11 is 5.91. The molecule has 10 rings (SSSR count). The Morgan fingerprint density at radius 1 is 0.587 bits per heavy atom. The number of nitrogens with one attached hydrogen (secondary N) is 3. The quantitative estimate of drug-likeness (QED) is 0.0445. The second-order valence-electron chi connectivity index (χ2n) is 17.7. The molecule has 0 bridgehead atoms. The second kappa shape index (κ2) is 24.1. The Balaban J connectivity index is 0.000000166. The third kappa shape index (κ3) is 13.2. The molecule has 2 aliphatic rings. The third-order valence-electron chi connectivity index (χ3n) is 12.5. The van der Waals surface area contributed by atoms with Crippen LogP contribution in [-0.2, 0) is 9.59 Å². The molecule has 0 saturated carbocycles. The molecule has 5 N–H and O–H groups in total. The average molecular weight is 1040 g/mol. The van der Waals surface area contributed by atoms with Gasteiger partial charge < -0.3 is 41.3 Å². The van der Waals surface area contributed by atoms with Crippen LogP contribution in [0.15, 0.2) is 147 Å². The van der Waals surface area contributed by atoms with Gasteiger partial charge in [-0.3, -0.25) is 9.59 Å². The van der Waals surface area contributed by atoms with E-state index in [0.29, 0.717) is 41.4 Å². The molecule has 0 radical (unpaired) electrons. The van der Waals surface area contributed by atoms with Gasteiger partial charge in [-0.2, -0.15) is 0 Å². The number of carbonyl (C=O) groups excluding carboxylic acids is 2. The first-order valence-corrected chi connectivity index (χ1v) is 24.2. The number of para-hydroxylation sites is 2. The summed E-state index contributed by atoms with van der Waals surface area (Å²) in [6, 6.07) is 31.5. The topological polar surface area (TPSA) is 161 Å². The number of piperazine rings is 2. The van der Waals surface area contributed by atoms with Crippen molar-refractivity contribution in [2.24, 2.45) is 0 Å². The number of fused-ring (bicyclic) bond motifs is 2. The van der Waals surface area contributed by atoms with E-state index in [-0.39, 0.29) is 28.7 Å². The molecular weight excluding hydrogens is 984 g/mol. The molecule has 0 unspecified atom stereocenters. The molecule has 384 valence electrons. The number of likely N-dealkylation sites (N-methyl/N-ethyl adjacent to an activating group) is 2. The van der Waals surface area contributed by atoms with Gasteiger partial charge in [-0.15, -0.1) is 0 Å². The largest absolute Gasteiger partial charge is 0.394 e. The first-order valence-electron chi connectivity index (χ1n) is 23.8. The maximum absolute atomic E-state index is 15.0. The number of halogens is 5. The molecule has 2 fully saturated rings. The van der Waals surface area contributed by atoms with E-state index in [2.05, 4.69) is 58.8 Å². The number of carbonyl (C=O) groups is 2. The van der Waals surface area contributed by atoms with Crippen molar-refractivity contribution in [1.82, 2.24) is 29.7 Å². The SMILES string of the molecule is C=CC(=O)Nc1cccc(-c2cccc3cnc(Cl)nc23)c1.C=CC(=O)Nc1cccc(-c2cccc3cnc(Nc4c(F)cc(N5CCN(C)CC5)cc4F)nc23)c1.CN1CCN(c2cc(F)c(N)c(F)c2)CC1. The molecule has 19 heteroatoms. The van der Waals surface area contributed by atoms with Crippen LogP contribution in [0.2, 0.25) is 5.28 Å². The lowest BCUT2D eigenvalue weighted by Crippen LogP contribution is -2.44. The van der Waals surface area contributed by atoms with E-state index >= 15 is 8.78 Å². The van der Waals surface area contributed by atoms with Crippen molar-refractivity contribution >= 4 is 85.3 Å². The zero-order valence-electron chi connectivity index (χ0n) is 41.1. The van der Waals surface area contributed by atoms with Crippen LogP contribution in [0.5, 0.6) is 0 Å². The van der Waals surface area contributed by atoms with Crippen LogP contribution in [0, 0.1) is 23.3 Å². The average Bonchev–Trinajstić information content (AvgIpc) is 3.41. The van der Waals surface area contributed by atoms with Gasteiger partial charge in [0.15, 0.2) is 23.3 Å². The van der Waals surface area contributed by atoms with Gasteiger partial charge in [-0.25, -0.2) is 37.5 Å². The van der Waals surface area contributed by atoms with Gasteiger partial charge in [0.05, 0.1) is 11.0 Å². The summed E-state index contributed by atoms with van der Waals surface area (Å²) in [5.74, 6) is -3.29. The van der Waals surface area contributed by atoms with Crippen molar-refractivity contribution in [3.05, 3.63) is 175 Å². The Kier molecular flexibility index (Phi) is 17.0. The number of aromatic nitrogens is 4. The van der Waals surface area contributed by atoms with E-state index in [1.165, 1.54) is 36.4 Å². The standard InChI is InChI=1S/C28H26F2N6O.C17H12ClN3O.C11H15F2N3/c1-3-25(37)32-20-8-4-6-18(14-20)22-9-5-7-19-17-31-28(33-26(19)22)34-27-23(29)15-21(16-24(27)30)36-12-10-35(2)11-13-36;1-2-15(22)20-13-7-3-5-11(9-13)14-8-4-6-12-10-19-17(18)21-16(12)14;1-15-2-4-16(5-3-15)8-6-9(12)11(14)10(13)7-8/h3-9,14-17H,1,10-13H2,2H3,(H,32,37)(H,31,33,34);2-10H,1H2,(H,20,22);6-7H,2-5,14H2,1H3. The molecule has 0 aliphatic carbocycles. The predicted octanol–water partition coefficient (Wildman–Crippen LogP) is 10.6. The summed E-state index contributed by atoms with van der Waals surface area (Å²) in [4.78, 5) is 48.6. The molecule has 14 nitrogen and oxygen atoms in total. The van der Waals surface area contributed by atoms with Gasteiger partial charge in [0.1, 0.15) is 11.4 Å². The molecule has 2 aromatic heterocycles. The smallest absolute Gasteiger partial charge is 0.247 e. The van der Waals surface area contributed by atoms with Crippen LogP contribution in [-0.4, -0.2) is 108 Å². The summed E-state index contributed by atoms with van der Waals surface area (Å²) in [6.07, 6.45) is 5.73. The fourth-order valence-corrected chi connectivity index (χ4v) is 8.52. The molecule has 2 saturated heterocycles. The Morgan fingerprint density at radius 2 is 1.01 bits per heavy atom. The Morgan fingerprint density at radius 3 is 1.48 bits per heavy atom. The third-order valence-corrected chi connectivity index (χ3v) is 12.7. The van der Waals surface area contributed by atoms with Crippen molar-refractivity contribution < 1.29 is 27.2 Å². The van der Waals surface area contributed by atoms with Gasteiger partial charge in [0, 0.05) is 109 Å². The minimum atomic E-state index is -0.712. The summed E-state index contributed by atoms with van der Waals surface area (Å²) in [7, 11) is 4.05. The van der Waals surface area contributed by atoms with Crippen LogP contribution in [0.3, 0.4) is 0 Å². The lowest BCUT2D eigenvalue weighted by atomic mass is 10.0. The van der Waals surface area contributed by atoms with Crippen molar-refractivity contribution in [3.8, 4) is 22.3 Å². The predicted molar refractivity (Wildman–Crippen MR) is 292 cm³/mol. The second-order valence-corrected chi connectivity index (χ2v) is 18.0. The van der Waals surface area contributed by atoms with Crippen LogP contribution in [0.25, 0.3) is 44.1 Å². The van der Waals surface area contributed by atoms with E-state index in [1.54, 1.807) is 18.5 Å². The van der Waals surface area contributed by atoms with Gasteiger partial charge in [-0.1, -0.05) is 73.8 Å². The Labute approximate surface area is 436 Å². The number of hydrogen-bond acceptors (Lipinski definition) is 12. The van der Waals surface area contributed by atoms with Gasteiger partial charge in [0.2, 0.25) is 23.0 Å². The molecule has 0 spiro atoms. The van der Waals surface area contributed by atoms with Gasteiger partial charge in [-0.05, 0) is 97.5 Å². The van der Waals surface area contributed by atoms with E-state index in [1.807, 2.05) is 103 Å². The fraction of sp³-hybridized carbons (Fsp3) is 0.179. The molecule has 2 amide bonds. The summed E-state index contributed by atoms with van der Waals surface area (Å²) in [6.45, 7) is 13.3. The van der Waals surface area contributed by atoms with Crippen molar-refractivity contribution in [3.63, 3.8) is 0 Å². The van der Waals surface area contributed by atoms with E-state index in [9.17, 15) is 18.4 Å². The fourth-order valence-electron chi connectivity index (χ4n) is 8.39. The normalized spacial score (nSPS) is 13.7. The highest BCUT2D eigenvalue weighted by Gasteiger charge is 2.21. The van der Waals surface area contributed by atoms with E-state index < -0.39 is 29.0 Å². The zero-order chi connectivity index (χ0) is 53.2. The number of nitrogens with two attached hydrogens (primary N) is 1. The summed E-state index contributed by atoms with van der Waals surface area (Å²) < 4.78 is 56.6. The van der Waals surface area contributed by atoms with Crippen LogP contribution < -0.4 is 31.5 Å². The highest BCUT2D eigenvalue weighted by molar-refractivity contribution is 6.28. The first kappa shape index (κ1) is 52.9. The highest BCUT2D eigenvalue weighted by atomic mass is 35.5. The number of amides is 2. The first-order chi connectivity index (χ1) is 36.2. The molecule has 2 aliphatic heterocycles. The number of rotatable bonds is 10. The van der Waals surface area contributed by atoms with E-state index in [4.69, 9.17) is 17.3 Å². The summed E-state index contributed by atoms with van der Waals surface area (Å²) in [5.41, 5.74) is 11.7. The van der Waals surface area contributed by atoms with Crippen molar-refractivity contribution in [2.45, 2.75) is 0 Å². The Bertz CT molecular complexity index is 3360. The monoisotopic (exact) mass is 1040 g/mol. The van der Waals surface area contributed by atoms with Gasteiger partial charge in [0.25, 0.3) is 0 Å². The molecule has 75 heavy (non-hydrogen) atoms. The minimum Gasteiger partial charge on any atom is -0.394 e. The lowest BCUT2D eigenvalue weighted by molar-refractivity contribution is -0.112. The maximum atomic E-state index is 15.0. The number of nitrogen functional groups attached to an aromatic ring is 1. The van der Waals surface area contributed by atoms with E-state index in [0.717, 1.165) is 77.8 Å².